The number of nitrogen functional groups attached to an aromatic ring is 2. The van der Waals surface area contributed by atoms with Crippen LogP contribution in [-0.2, 0) is 5.41 Å². The quantitative estimate of drug-likeness (QED) is 0.573. The summed E-state index contributed by atoms with van der Waals surface area (Å²) in [4.78, 5) is 0. The number of hydrogen-bond donors (Lipinski definition) is 2. The first kappa shape index (κ1) is 18.1. The first-order chi connectivity index (χ1) is 12.3. The summed E-state index contributed by atoms with van der Waals surface area (Å²) >= 11 is 0. The van der Waals surface area contributed by atoms with Crippen molar-refractivity contribution in [3.63, 3.8) is 0 Å². The average molecular weight is 345 g/mol. The molecule has 4 N–H and O–H groups in total. The molecular formula is C24H28N2. The van der Waals surface area contributed by atoms with Crippen molar-refractivity contribution in [3.8, 4) is 11.1 Å². The number of nitrogens with two attached hydrogens (primary N) is 2. The van der Waals surface area contributed by atoms with E-state index in [-0.39, 0.29) is 5.41 Å². The first-order valence-corrected chi connectivity index (χ1v) is 9.15. The van der Waals surface area contributed by atoms with Gasteiger partial charge in [0.2, 0.25) is 0 Å². The van der Waals surface area contributed by atoms with Crippen molar-refractivity contribution in [2.75, 3.05) is 11.5 Å². The van der Waals surface area contributed by atoms with Crippen molar-refractivity contribution in [1.29, 1.82) is 0 Å². The molecule has 2 heteroatoms. The van der Waals surface area contributed by atoms with Crippen LogP contribution in [-0.4, -0.2) is 0 Å². The molecule has 26 heavy (non-hydrogen) atoms. The Balaban J connectivity index is 2.19. The zero-order valence-electron chi connectivity index (χ0n) is 16.1. The molecule has 0 spiro atoms. The summed E-state index contributed by atoms with van der Waals surface area (Å²) < 4.78 is 0. The third-order valence-electron chi connectivity index (χ3n) is 5.24. The number of rotatable bonds is 4. The standard InChI is InChI=1S/C24H28N2/c1-16(2)18-7-14-23(22(15-18)17-5-10-20(25)11-6-17)24(3,4)19-8-12-21(26)13-9-19/h5-16H,25-26H2,1-4H3. The van der Waals surface area contributed by atoms with Crippen molar-refractivity contribution in [2.45, 2.75) is 39.0 Å². The summed E-state index contributed by atoms with van der Waals surface area (Å²) in [6.45, 7) is 8.99. The Morgan fingerprint density at radius 3 is 1.81 bits per heavy atom. The second kappa shape index (κ2) is 6.87. The van der Waals surface area contributed by atoms with Gasteiger partial charge in [0.05, 0.1) is 0 Å². The van der Waals surface area contributed by atoms with E-state index >= 15 is 0 Å². The summed E-state index contributed by atoms with van der Waals surface area (Å²) in [5.74, 6) is 0.483. The monoisotopic (exact) mass is 344 g/mol. The third-order valence-corrected chi connectivity index (χ3v) is 5.24. The molecule has 0 saturated heterocycles. The summed E-state index contributed by atoms with van der Waals surface area (Å²) in [5.41, 5.74) is 19.6. The Kier molecular flexibility index (Phi) is 4.78. The van der Waals surface area contributed by atoms with Gasteiger partial charge in [0, 0.05) is 16.8 Å². The Hall–Kier alpha value is -2.74. The lowest BCUT2D eigenvalue weighted by Crippen LogP contribution is -2.20. The molecule has 3 aromatic carbocycles. The lowest BCUT2D eigenvalue weighted by Gasteiger charge is -2.30. The van der Waals surface area contributed by atoms with Crippen LogP contribution in [0.1, 0.15) is 50.3 Å². The van der Waals surface area contributed by atoms with E-state index in [1.54, 1.807) is 0 Å². The van der Waals surface area contributed by atoms with Gasteiger partial charge >= 0.3 is 0 Å². The highest BCUT2D eigenvalue weighted by Crippen LogP contribution is 2.39. The van der Waals surface area contributed by atoms with Crippen LogP contribution < -0.4 is 11.5 Å². The minimum Gasteiger partial charge on any atom is -0.399 e. The largest absolute Gasteiger partial charge is 0.399 e. The Morgan fingerprint density at radius 1 is 0.731 bits per heavy atom. The van der Waals surface area contributed by atoms with Crippen LogP contribution in [0.15, 0.2) is 66.7 Å². The molecule has 0 amide bonds. The topological polar surface area (TPSA) is 52.0 Å². The van der Waals surface area contributed by atoms with E-state index < -0.39 is 0 Å². The fourth-order valence-corrected chi connectivity index (χ4v) is 3.42. The Bertz CT molecular complexity index is 888. The van der Waals surface area contributed by atoms with E-state index in [1.165, 1.54) is 27.8 Å². The molecule has 0 aliphatic heterocycles. The van der Waals surface area contributed by atoms with E-state index in [2.05, 4.69) is 70.2 Å². The van der Waals surface area contributed by atoms with Gasteiger partial charge in [0.1, 0.15) is 0 Å². The predicted octanol–water partition coefficient (Wildman–Crippen LogP) is 5.97. The van der Waals surface area contributed by atoms with Gasteiger partial charge < -0.3 is 11.5 Å². The van der Waals surface area contributed by atoms with Crippen molar-refractivity contribution in [2.24, 2.45) is 0 Å². The van der Waals surface area contributed by atoms with Crippen molar-refractivity contribution in [1.82, 2.24) is 0 Å². The minimum atomic E-state index is -0.139. The molecular weight excluding hydrogens is 316 g/mol. The first-order valence-electron chi connectivity index (χ1n) is 9.15. The lowest BCUT2D eigenvalue weighted by molar-refractivity contribution is 0.642. The van der Waals surface area contributed by atoms with Gasteiger partial charge in [-0.1, -0.05) is 70.2 Å². The lowest BCUT2D eigenvalue weighted by atomic mass is 9.74. The maximum atomic E-state index is 5.90. The molecule has 0 aromatic heterocycles. The predicted molar refractivity (Wildman–Crippen MR) is 113 cm³/mol. The second-order valence-corrected chi connectivity index (χ2v) is 7.83. The van der Waals surface area contributed by atoms with E-state index in [1.807, 2.05) is 24.3 Å². The maximum Gasteiger partial charge on any atom is 0.0314 e. The van der Waals surface area contributed by atoms with Crippen LogP contribution in [0.5, 0.6) is 0 Å². The fraction of sp³-hybridized carbons (Fsp3) is 0.250. The van der Waals surface area contributed by atoms with Gasteiger partial charge in [-0.3, -0.25) is 0 Å². The molecule has 0 unspecified atom stereocenters. The molecule has 0 radical (unpaired) electrons. The van der Waals surface area contributed by atoms with Gasteiger partial charge in [0.15, 0.2) is 0 Å². The summed E-state index contributed by atoms with van der Waals surface area (Å²) in [7, 11) is 0. The Labute approximate surface area is 156 Å². The molecule has 2 nitrogen and oxygen atoms in total. The fourth-order valence-electron chi connectivity index (χ4n) is 3.42. The molecule has 0 atom stereocenters. The second-order valence-electron chi connectivity index (χ2n) is 7.83. The zero-order valence-corrected chi connectivity index (χ0v) is 16.1. The van der Waals surface area contributed by atoms with Crippen LogP contribution in [0.25, 0.3) is 11.1 Å². The van der Waals surface area contributed by atoms with E-state index in [9.17, 15) is 0 Å². The van der Waals surface area contributed by atoms with E-state index in [4.69, 9.17) is 11.5 Å². The summed E-state index contributed by atoms with van der Waals surface area (Å²) in [6.07, 6.45) is 0. The van der Waals surface area contributed by atoms with Crippen LogP contribution in [0, 0.1) is 0 Å². The number of hydrogen-bond acceptors (Lipinski definition) is 2. The average Bonchev–Trinajstić information content (AvgIpc) is 2.62. The van der Waals surface area contributed by atoms with E-state index in [0.717, 1.165) is 11.4 Å². The van der Waals surface area contributed by atoms with E-state index in [0.29, 0.717) is 5.92 Å². The normalized spacial score (nSPS) is 11.7. The van der Waals surface area contributed by atoms with Crippen molar-refractivity contribution < 1.29 is 0 Å². The van der Waals surface area contributed by atoms with Crippen LogP contribution >= 0.6 is 0 Å². The highest BCUT2D eigenvalue weighted by atomic mass is 14.5. The van der Waals surface area contributed by atoms with Gasteiger partial charge in [-0.2, -0.15) is 0 Å². The third kappa shape index (κ3) is 3.45. The van der Waals surface area contributed by atoms with Crippen LogP contribution in [0.4, 0.5) is 11.4 Å². The molecule has 0 saturated carbocycles. The highest BCUT2D eigenvalue weighted by Gasteiger charge is 2.26. The molecule has 3 aromatic rings. The SMILES string of the molecule is CC(C)c1ccc(C(C)(C)c2ccc(N)cc2)c(-c2ccc(N)cc2)c1. The van der Waals surface area contributed by atoms with Gasteiger partial charge in [-0.25, -0.2) is 0 Å². The number of anilines is 2. The molecule has 0 heterocycles. The molecule has 3 rings (SSSR count). The molecule has 0 aliphatic carbocycles. The zero-order chi connectivity index (χ0) is 18.9. The summed E-state index contributed by atoms with van der Waals surface area (Å²) in [6, 6.07) is 23.2. The molecule has 0 aliphatic rings. The maximum absolute atomic E-state index is 5.90. The van der Waals surface area contributed by atoms with Crippen molar-refractivity contribution in [3.05, 3.63) is 83.4 Å². The van der Waals surface area contributed by atoms with Crippen molar-refractivity contribution >= 4 is 11.4 Å². The summed E-state index contributed by atoms with van der Waals surface area (Å²) in [5, 5.41) is 0. The highest BCUT2D eigenvalue weighted by molar-refractivity contribution is 5.72. The molecule has 0 fully saturated rings. The minimum absolute atomic E-state index is 0.139. The van der Waals surface area contributed by atoms with Gasteiger partial charge in [-0.15, -0.1) is 0 Å². The molecule has 0 bridgehead atoms. The van der Waals surface area contributed by atoms with Gasteiger partial charge in [-0.05, 0) is 58.0 Å². The van der Waals surface area contributed by atoms with Crippen LogP contribution in [0.2, 0.25) is 0 Å². The molecule has 134 valence electrons. The number of benzene rings is 3. The van der Waals surface area contributed by atoms with Gasteiger partial charge in [0.25, 0.3) is 0 Å². The van der Waals surface area contributed by atoms with Crippen LogP contribution in [0.3, 0.4) is 0 Å². The smallest absolute Gasteiger partial charge is 0.0314 e. The Morgan fingerprint density at radius 2 is 1.27 bits per heavy atom.